The van der Waals surface area contributed by atoms with Gasteiger partial charge in [-0.15, -0.1) is 0 Å². The predicted molar refractivity (Wildman–Crippen MR) is 81.8 cm³/mol. The van der Waals surface area contributed by atoms with Gasteiger partial charge in [-0.1, -0.05) is 19.1 Å². The lowest BCUT2D eigenvalue weighted by atomic mass is 10.0. The molecule has 0 bridgehead atoms. The van der Waals surface area contributed by atoms with Crippen LogP contribution in [0.25, 0.3) is 0 Å². The minimum absolute atomic E-state index is 0.0648. The fraction of sp³-hybridized carbons (Fsp3) is 0.500. The zero-order valence-electron chi connectivity index (χ0n) is 10.7. The molecule has 1 heterocycles. The first kappa shape index (κ1) is 13.8. The molecule has 1 aliphatic heterocycles. The standard InChI is InChI=1S/C14H19IN2O/c1-2-17-9-7-11(8-10-17)16-14(18)12-5-3-4-6-13(12)15/h3-6,11H,2,7-10H2,1H3,(H,16,18). The molecule has 1 aliphatic rings. The molecule has 0 radical (unpaired) electrons. The number of hydrogen-bond acceptors (Lipinski definition) is 2. The van der Waals surface area contributed by atoms with Crippen LogP contribution in [0.4, 0.5) is 0 Å². The number of piperidine rings is 1. The van der Waals surface area contributed by atoms with Crippen LogP contribution in [0, 0.1) is 3.57 Å². The van der Waals surface area contributed by atoms with Gasteiger partial charge < -0.3 is 10.2 Å². The molecule has 4 heteroatoms. The van der Waals surface area contributed by atoms with E-state index in [1.165, 1.54) is 0 Å². The SMILES string of the molecule is CCN1CCC(NC(=O)c2ccccc2I)CC1. The van der Waals surface area contributed by atoms with Gasteiger partial charge in [-0.3, -0.25) is 4.79 Å². The van der Waals surface area contributed by atoms with Gasteiger partial charge in [-0.05, 0) is 54.1 Å². The van der Waals surface area contributed by atoms with Gasteiger partial charge in [0.25, 0.3) is 5.91 Å². The zero-order chi connectivity index (χ0) is 13.0. The lowest BCUT2D eigenvalue weighted by Gasteiger charge is -2.31. The molecule has 98 valence electrons. The molecule has 3 nitrogen and oxygen atoms in total. The van der Waals surface area contributed by atoms with E-state index in [1.807, 2.05) is 24.3 Å². The Morgan fingerprint density at radius 2 is 2.06 bits per heavy atom. The average molecular weight is 358 g/mol. The number of nitrogens with zero attached hydrogens (tertiary/aromatic N) is 1. The Morgan fingerprint density at radius 1 is 1.39 bits per heavy atom. The third-order valence-corrected chi connectivity index (χ3v) is 4.43. The molecule has 0 spiro atoms. The van der Waals surface area contributed by atoms with E-state index in [1.54, 1.807) is 0 Å². The summed E-state index contributed by atoms with van der Waals surface area (Å²) in [6.45, 7) is 5.48. The van der Waals surface area contributed by atoms with E-state index in [0.717, 1.165) is 41.6 Å². The van der Waals surface area contributed by atoms with E-state index in [9.17, 15) is 4.79 Å². The number of rotatable bonds is 3. The minimum atomic E-state index is 0.0648. The largest absolute Gasteiger partial charge is 0.349 e. The first-order chi connectivity index (χ1) is 8.70. The zero-order valence-corrected chi connectivity index (χ0v) is 12.8. The molecule has 1 amide bonds. The molecule has 1 N–H and O–H groups in total. The van der Waals surface area contributed by atoms with E-state index in [-0.39, 0.29) is 5.91 Å². The summed E-state index contributed by atoms with van der Waals surface area (Å²) in [6, 6.07) is 8.05. The molecular weight excluding hydrogens is 339 g/mol. The fourth-order valence-electron chi connectivity index (χ4n) is 2.30. The number of hydrogen-bond donors (Lipinski definition) is 1. The van der Waals surface area contributed by atoms with Crippen molar-refractivity contribution in [2.45, 2.75) is 25.8 Å². The first-order valence-corrected chi connectivity index (χ1v) is 7.56. The molecule has 1 aromatic carbocycles. The monoisotopic (exact) mass is 358 g/mol. The summed E-state index contributed by atoms with van der Waals surface area (Å²) in [7, 11) is 0. The van der Waals surface area contributed by atoms with Gasteiger partial charge >= 0.3 is 0 Å². The van der Waals surface area contributed by atoms with Crippen molar-refractivity contribution in [1.29, 1.82) is 0 Å². The van der Waals surface area contributed by atoms with Gasteiger partial charge in [0.2, 0.25) is 0 Å². The molecular formula is C14H19IN2O. The number of likely N-dealkylation sites (tertiary alicyclic amines) is 1. The molecule has 1 aromatic rings. The van der Waals surface area contributed by atoms with Crippen molar-refractivity contribution in [3.63, 3.8) is 0 Å². The van der Waals surface area contributed by atoms with Crippen molar-refractivity contribution in [2.24, 2.45) is 0 Å². The molecule has 1 fully saturated rings. The van der Waals surface area contributed by atoms with Crippen molar-refractivity contribution >= 4 is 28.5 Å². The normalized spacial score (nSPS) is 17.7. The molecule has 0 unspecified atom stereocenters. The quantitative estimate of drug-likeness (QED) is 0.843. The highest BCUT2D eigenvalue weighted by molar-refractivity contribution is 14.1. The lowest BCUT2D eigenvalue weighted by Crippen LogP contribution is -2.44. The van der Waals surface area contributed by atoms with Crippen molar-refractivity contribution in [1.82, 2.24) is 10.2 Å². The highest BCUT2D eigenvalue weighted by Gasteiger charge is 2.20. The molecule has 0 aromatic heterocycles. The van der Waals surface area contributed by atoms with Crippen LogP contribution in [-0.2, 0) is 0 Å². The van der Waals surface area contributed by atoms with Crippen LogP contribution in [0.2, 0.25) is 0 Å². The van der Waals surface area contributed by atoms with Crippen LogP contribution in [0.1, 0.15) is 30.1 Å². The molecule has 2 rings (SSSR count). The summed E-state index contributed by atoms with van der Waals surface area (Å²) in [5.74, 6) is 0.0648. The Kier molecular flexibility index (Phi) is 5.00. The molecule has 0 aliphatic carbocycles. The summed E-state index contributed by atoms with van der Waals surface area (Å²) in [6.07, 6.45) is 2.12. The highest BCUT2D eigenvalue weighted by atomic mass is 127. The first-order valence-electron chi connectivity index (χ1n) is 6.48. The van der Waals surface area contributed by atoms with Crippen molar-refractivity contribution in [2.75, 3.05) is 19.6 Å². The van der Waals surface area contributed by atoms with Crippen LogP contribution >= 0.6 is 22.6 Å². The number of carbonyl (C=O) groups is 1. The van der Waals surface area contributed by atoms with Crippen LogP contribution < -0.4 is 5.32 Å². The average Bonchev–Trinajstić information content (AvgIpc) is 2.40. The Labute approximate surface area is 122 Å². The van der Waals surface area contributed by atoms with Gasteiger partial charge in [0.05, 0.1) is 5.56 Å². The van der Waals surface area contributed by atoms with Crippen LogP contribution in [0.15, 0.2) is 24.3 Å². The molecule has 1 saturated heterocycles. The lowest BCUT2D eigenvalue weighted by molar-refractivity contribution is 0.0912. The van der Waals surface area contributed by atoms with E-state index in [2.05, 4.69) is 39.7 Å². The summed E-state index contributed by atoms with van der Waals surface area (Å²) in [5.41, 5.74) is 0.788. The second-order valence-electron chi connectivity index (χ2n) is 4.66. The van der Waals surface area contributed by atoms with Gasteiger partial charge in [-0.2, -0.15) is 0 Å². The van der Waals surface area contributed by atoms with Crippen LogP contribution in [-0.4, -0.2) is 36.5 Å². The third-order valence-electron chi connectivity index (χ3n) is 3.49. The summed E-state index contributed by atoms with van der Waals surface area (Å²) < 4.78 is 1.01. The van der Waals surface area contributed by atoms with Gasteiger partial charge in [-0.25, -0.2) is 0 Å². The Hall–Kier alpha value is -0.620. The van der Waals surface area contributed by atoms with E-state index in [0.29, 0.717) is 6.04 Å². The topological polar surface area (TPSA) is 32.3 Å². The minimum Gasteiger partial charge on any atom is -0.349 e. The molecule has 18 heavy (non-hydrogen) atoms. The van der Waals surface area contributed by atoms with Gasteiger partial charge in [0.15, 0.2) is 0 Å². The summed E-state index contributed by atoms with van der Waals surface area (Å²) in [5, 5.41) is 3.15. The van der Waals surface area contributed by atoms with Gasteiger partial charge in [0, 0.05) is 22.7 Å². The van der Waals surface area contributed by atoms with Crippen molar-refractivity contribution in [3.05, 3.63) is 33.4 Å². The Morgan fingerprint density at radius 3 is 2.67 bits per heavy atom. The number of halogens is 1. The Balaban J connectivity index is 1.91. The van der Waals surface area contributed by atoms with E-state index >= 15 is 0 Å². The smallest absolute Gasteiger partial charge is 0.252 e. The number of carbonyl (C=O) groups excluding carboxylic acids is 1. The number of benzene rings is 1. The van der Waals surface area contributed by atoms with E-state index in [4.69, 9.17) is 0 Å². The number of nitrogens with one attached hydrogen (secondary N) is 1. The fourth-order valence-corrected chi connectivity index (χ4v) is 2.93. The maximum absolute atomic E-state index is 12.2. The predicted octanol–water partition coefficient (Wildman–Crippen LogP) is 2.51. The van der Waals surface area contributed by atoms with Crippen LogP contribution in [0.5, 0.6) is 0 Å². The van der Waals surface area contributed by atoms with Crippen LogP contribution in [0.3, 0.4) is 0 Å². The second-order valence-corrected chi connectivity index (χ2v) is 5.82. The summed E-state index contributed by atoms with van der Waals surface area (Å²) >= 11 is 2.21. The van der Waals surface area contributed by atoms with Gasteiger partial charge in [0.1, 0.15) is 0 Å². The maximum Gasteiger partial charge on any atom is 0.252 e. The molecule has 0 atom stereocenters. The molecule has 0 saturated carbocycles. The van der Waals surface area contributed by atoms with E-state index < -0.39 is 0 Å². The second kappa shape index (κ2) is 6.52. The third kappa shape index (κ3) is 3.45. The highest BCUT2D eigenvalue weighted by Crippen LogP contribution is 2.14. The summed E-state index contributed by atoms with van der Waals surface area (Å²) in [4.78, 5) is 14.6. The Bertz CT molecular complexity index is 414. The maximum atomic E-state index is 12.2. The van der Waals surface area contributed by atoms with Crippen molar-refractivity contribution in [3.8, 4) is 0 Å². The van der Waals surface area contributed by atoms with Crippen molar-refractivity contribution < 1.29 is 4.79 Å². The number of amides is 1.